The smallest absolute Gasteiger partial charge is 0.144 e. The molecule has 4 heteroatoms. The molecule has 0 radical (unpaired) electrons. The van der Waals surface area contributed by atoms with Crippen LogP contribution in [0.4, 0.5) is 0 Å². The van der Waals surface area contributed by atoms with Crippen molar-refractivity contribution >= 4 is 12.4 Å². The highest BCUT2D eigenvalue weighted by Gasteiger charge is 1.94. The monoisotopic (exact) mass is 366 g/mol. The molecule has 0 fully saturated rings. The van der Waals surface area contributed by atoms with Crippen LogP contribution in [0.5, 0.6) is 0 Å². The number of imidazole rings is 1. The minimum Gasteiger partial charge on any atom is -0.427 e. The molecule has 0 atom stereocenters. The first kappa shape index (κ1) is 23.5. The second-order valence-electron chi connectivity index (χ2n) is 6.25. The van der Waals surface area contributed by atoms with Gasteiger partial charge in [0.2, 0.25) is 0 Å². The fraction of sp³-hybridized carbons (Fsp3) is 0.571. The first-order valence-electron chi connectivity index (χ1n) is 9.53. The molecule has 25 heavy (non-hydrogen) atoms. The third-order valence-corrected chi connectivity index (χ3v) is 4.17. The van der Waals surface area contributed by atoms with Gasteiger partial charge >= 0.3 is 0 Å². The Bertz CT molecular complexity index is 514. The van der Waals surface area contributed by atoms with Crippen LogP contribution in [0.1, 0.15) is 76.6 Å². The van der Waals surface area contributed by atoms with Crippen molar-refractivity contribution in [2.24, 2.45) is 0 Å². The van der Waals surface area contributed by atoms with E-state index in [1.165, 1.54) is 69.5 Å². The van der Waals surface area contributed by atoms with Gasteiger partial charge in [0, 0.05) is 12.6 Å². The average molecular weight is 367 g/mol. The van der Waals surface area contributed by atoms with Crippen molar-refractivity contribution in [2.45, 2.75) is 78.1 Å². The van der Waals surface area contributed by atoms with Gasteiger partial charge in [-0.1, -0.05) is 89.1 Å². The third kappa shape index (κ3) is 11.7. The molecule has 0 spiro atoms. The maximum atomic E-state index is 8.80. The SMILES string of the molecule is CCCCCCCCCCc1ccccc1.CCc1nccn1O.Cl. The van der Waals surface area contributed by atoms with E-state index in [4.69, 9.17) is 5.21 Å². The zero-order valence-corrected chi connectivity index (χ0v) is 16.7. The normalized spacial score (nSPS) is 9.84. The van der Waals surface area contributed by atoms with Crippen molar-refractivity contribution in [3.8, 4) is 0 Å². The van der Waals surface area contributed by atoms with E-state index in [1.807, 2.05) is 6.92 Å². The zero-order chi connectivity index (χ0) is 17.5. The van der Waals surface area contributed by atoms with Crippen molar-refractivity contribution in [3.63, 3.8) is 0 Å². The molecule has 142 valence electrons. The van der Waals surface area contributed by atoms with Gasteiger partial charge in [0.05, 0.1) is 6.20 Å². The Hall–Kier alpha value is -1.48. The fourth-order valence-electron chi connectivity index (χ4n) is 2.69. The molecule has 0 aliphatic heterocycles. The van der Waals surface area contributed by atoms with Crippen molar-refractivity contribution in [1.82, 2.24) is 9.71 Å². The second-order valence-corrected chi connectivity index (χ2v) is 6.25. The van der Waals surface area contributed by atoms with E-state index < -0.39 is 0 Å². The summed E-state index contributed by atoms with van der Waals surface area (Å²) in [6.45, 7) is 4.22. The van der Waals surface area contributed by atoms with Crippen LogP contribution < -0.4 is 0 Å². The Morgan fingerprint density at radius 2 is 1.48 bits per heavy atom. The Balaban J connectivity index is 0.000000540. The molecule has 1 heterocycles. The molecule has 1 N–H and O–H groups in total. The lowest BCUT2D eigenvalue weighted by molar-refractivity contribution is 0.176. The van der Waals surface area contributed by atoms with Gasteiger partial charge in [-0.25, -0.2) is 4.98 Å². The Kier molecular flexibility index (Phi) is 15.1. The quantitative estimate of drug-likeness (QED) is 0.386. The van der Waals surface area contributed by atoms with E-state index in [9.17, 15) is 0 Å². The van der Waals surface area contributed by atoms with Crippen LogP contribution in [0.3, 0.4) is 0 Å². The molecule has 2 aromatic rings. The number of aromatic nitrogens is 2. The Morgan fingerprint density at radius 3 is 1.96 bits per heavy atom. The van der Waals surface area contributed by atoms with Crippen molar-refractivity contribution < 1.29 is 5.21 Å². The molecular weight excluding hydrogens is 332 g/mol. The molecule has 0 aliphatic carbocycles. The standard InChI is InChI=1S/C16H26.C5H8N2O.ClH/c1-2-3-4-5-6-7-8-10-13-16-14-11-9-12-15-16;1-2-5-6-3-4-7(5)8;/h9,11-12,14-15H,2-8,10,13H2,1H3;3-4,8H,2H2,1H3;1H. The van der Waals surface area contributed by atoms with Crippen LogP contribution in [0.25, 0.3) is 0 Å². The lowest BCUT2D eigenvalue weighted by Crippen LogP contribution is -1.94. The lowest BCUT2D eigenvalue weighted by atomic mass is 10.0. The molecule has 0 saturated carbocycles. The van der Waals surface area contributed by atoms with Gasteiger partial charge in [0.15, 0.2) is 0 Å². The lowest BCUT2D eigenvalue weighted by Gasteiger charge is -2.02. The summed E-state index contributed by atoms with van der Waals surface area (Å²) in [4.78, 5) is 3.85. The van der Waals surface area contributed by atoms with Crippen LogP contribution in [-0.4, -0.2) is 14.9 Å². The van der Waals surface area contributed by atoms with Crippen LogP contribution >= 0.6 is 12.4 Å². The first-order chi connectivity index (χ1) is 11.8. The molecule has 0 bridgehead atoms. The molecule has 0 unspecified atom stereocenters. The van der Waals surface area contributed by atoms with Crippen LogP contribution in [0.2, 0.25) is 0 Å². The number of hydrogen-bond donors (Lipinski definition) is 1. The summed E-state index contributed by atoms with van der Waals surface area (Å²) >= 11 is 0. The van der Waals surface area contributed by atoms with Crippen molar-refractivity contribution in [3.05, 3.63) is 54.1 Å². The van der Waals surface area contributed by atoms with Crippen LogP contribution in [0, 0.1) is 0 Å². The number of hydrogen-bond acceptors (Lipinski definition) is 2. The van der Waals surface area contributed by atoms with Gasteiger partial charge in [-0.2, -0.15) is 4.73 Å². The highest BCUT2D eigenvalue weighted by atomic mass is 35.5. The van der Waals surface area contributed by atoms with Crippen LogP contribution in [-0.2, 0) is 12.8 Å². The topological polar surface area (TPSA) is 38.0 Å². The number of aryl methyl sites for hydroxylation is 2. The maximum absolute atomic E-state index is 8.80. The minimum atomic E-state index is 0. The Labute approximate surface area is 159 Å². The van der Waals surface area contributed by atoms with Gasteiger partial charge in [-0.05, 0) is 18.4 Å². The maximum Gasteiger partial charge on any atom is 0.144 e. The summed E-state index contributed by atoms with van der Waals surface area (Å²) in [5.41, 5.74) is 1.49. The molecule has 0 amide bonds. The number of unbranched alkanes of at least 4 members (excludes halogenated alkanes) is 7. The highest BCUT2D eigenvalue weighted by molar-refractivity contribution is 5.85. The summed E-state index contributed by atoms with van der Waals surface area (Å²) < 4.78 is 1.03. The van der Waals surface area contributed by atoms with E-state index in [1.54, 1.807) is 6.20 Å². The summed E-state index contributed by atoms with van der Waals surface area (Å²) in [6, 6.07) is 10.8. The molecule has 0 saturated heterocycles. The van der Waals surface area contributed by atoms with E-state index in [2.05, 4.69) is 42.2 Å². The summed E-state index contributed by atoms with van der Waals surface area (Å²) in [6.07, 6.45) is 16.4. The third-order valence-electron chi connectivity index (χ3n) is 4.17. The van der Waals surface area contributed by atoms with Gasteiger partial charge in [-0.15, -0.1) is 12.4 Å². The summed E-state index contributed by atoms with van der Waals surface area (Å²) in [7, 11) is 0. The average Bonchev–Trinajstić information content (AvgIpc) is 3.04. The molecule has 2 rings (SSSR count). The van der Waals surface area contributed by atoms with Gasteiger partial charge < -0.3 is 5.21 Å². The molecule has 3 nitrogen and oxygen atoms in total. The van der Waals surface area contributed by atoms with E-state index in [0.29, 0.717) is 5.82 Å². The largest absolute Gasteiger partial charge is 0.427 e. The predicted octanol–water partition coefficient (Wildman–Crippen LogP) is 6.47. The highest BCUT2D eigenvalue weighted by Crippen LogP contribution is 2.11. The fourth-order valence-corrected chi connectivity index (χ4v) is 2.69. The van der Waals surface area contributed by atoms with Crippen molar-refractivity contribution in [2.75, 3.05) is 0 Å². The van der Waals surface area contributed by atoms with Crippen molar-refractivity contribution in [1.29, 1.82) is 0 Å². The first-order valence-corrected chi connectivity index (χ1v) is 9.53. The molecular formula is C21H35ClN2O. The predicted molar refractivity (Wildman–Crippen MR) is 109 cm³/mol. The Morgan fingerprint density at radius 1 is 0.880 bits per heavy atom. The van der Waals surface area contributed by atoms with Crippen LogP contribution in [0.15, 0.2) is 42.7 Å². The van der Waals surface area contributed by atoms with E-state index >= 15 is 0 Å². The number of nitrogens with zero attached hydrogens (tertiary/aromatic N) is 2. The minimum absolute atomic E-state index is 0. The van der Waals surface area contributed by atoms with Gasteiger partial charge in [-0.3, -0.25) is 0 Å². The van der Waals surface area contributed by atoms with E-state index in [0.717, 1.165) is 11.2 Å². The number of rotatable bonds is 10. The summed E-state index contributed by atoms with van der Waals surface area (Å²) in [5, 5.41) is 8.80. The summed E-state index contributed by atoms with van der Waals surface area (Å²) in [5.74, 6) is 0.699. The molecule has 0 aliphatic rings. The molecule has 1 aromatic heterocycles. The van der Waals surface area contributed by atoms with Gasteiger partial charge in [0.1, 0.15) is 5.82 Å². The number of benzene rings is 1. The zero-order valence-electron chi connectivity index (χ0n) is 15.9. The number of halogens is 1. The van der Waals surface area contributed by atoms with Gasteiger partial charge in [0.25, 0.3) is 0 Å². The molecule has 1 aromatic carbocycles. The second kappa shape index (κ2) is 16.0. The van der Waals surface area contributed by atoms with E-state index in [-0.39, 0.29) is 12.4 Å².